The van der Waals surface area contributed by atoms with Crippen LogP contribution in [0.5, 0.6) is 0 Å². The summed E-state index contributed by atoms with van der Waals surface area (Å²) in [5, 5.41) is 2.89. The largest absolute Gasteiger partial charge is 0.341 e. The van der Waals surface area contributed by atoms with Crippen molar-refractivity contribution < 1.29 is 4.79 Å². The topological polar surface area (TPSA) is 58.1 Å². The van der Waals surface area contributed by atoms with Crippen LogP contribution in [0, 0.1) is 6.92 Å². The molecule has 22 heavy (non-hydrogen) atoms. The van der Waals surface area contributed by atoms with Gasteiger partial charge in [-0.05, 0) is 37.8 Å². The highest BCUT2D eigenvalue weighted by atomic mass is 16.1. The van der Waals surface area contributed by atoms with Gasteiger partial charge in [0.2, 0.25) is 5.95 Å². The van der Waals surface area contributed by atoms with E-state index in [9.17, 15) is 4.79 Å². The standard InChI is InChI=1S/C17H20N4O/c1-13-7-3-4-8-15(13)20-16(22)14-11-18-17(19-12-14)21-9-5-2-6-10-21/h3-4,7-8,11-12H,2,5-6,9-10H2,1H3,(H,20,22). The fourth-order valence-electron chi connectivity index (χ4n) is 2.60. The summed E-state index contributed by atoms with van der Waals surface area (Å²) in [4.78, 5) is 23.1. The van der Waals surface area contributed by atoms with Gasteiger partial charge in [0.15, 0.2) is 0 Å². The Bertz CT molecular complexity index is 648. The van der Waals surface area contributed by atoms with Gasteiger partial charge in [-0.3, -0.25) is 4.79 Å². The third-order valence-corrected chi connectivity index (χ3v) is 3.93. The molecular formula is C17H20N4O. The molecule has 5 nitrogen and oxygen atoms in total. The molecule has 3 rings (SSSR count). The van der Waals surface area contributed by atoms with Gasteiger partial charge in [0.05, 0.1) is 5.56 Å². The summed E-state index contributed by atoms with van der Waals surface area (Å²) < 4.78 is 0. The molecular weight excluding hydrogens is 276 g/mol. The van der Waals surface area contributed by atoms with Crippen molar-refractivity contribution in [2.75, 3.05) is 23.3 Å². The molecule has 1 fully saturated rings. The summed E-state index contributed by atoms with van der Waals surface area (Å²) in [6, 6.07) is 7.70. The van der Waals surface area contributed by atoms with Crippen LogP contribution in [-0.2, 0) is 0 Å². The second kappa shape index (κ2) is 6.56. The van der Waals surface area contributed by atoms with Gasteiger partial charge < -0.3 is 10.2 Å². The van der Waals surface area contributed by atoms with E-state index in [1.807, 2.05) is 31.2 Å². The molecule has 5 heteroatoms. The van der Waals surface area contributed by atoms with E-state index < -0.39 is 0 Å². The minimum Gasteiger partial charge on any atom is -0.341 e. The number of aromatic nitrogens is 2. The Morgan fingerprint density at radius 1 is 1.09 bits per heavy atom. The molecule has 0 radical (unpaired) electrons. The van der Waals surface area contributed by atoms with Gasteiger partial charge in [-0.2, -0.15) is 0 Å². The fourth-order valence-corrected chi connectivity index (χ4v) is 2.60. The zero-order valence-electron chi connectivity index (χ0n) is 12.7. The second-order valence-corrected chi connectivity index (χ2v) is 5.59. The molecule has 1 aromatic carbocycles. The lowest BCUT2D eigenvalue weighted by atomic mass is 10.1. The maximum Gasteiger partial charge on any atom is 0.258 e. The number of benzene rings is 1. The van der Waals surface area contributed by atoms with E-state index in [2.05, 4.69) is 20.2 Å². The van der Waals surface area contributed by atoms with Crippen molar-refractivity contribution >= 4 is 17.5 Å². The SMILES string of the molecule is Cc1ccccc1NC(=O)c1cnc(N2CCCCC2)nc1. The van der Waals surface area contributed by atoms with Crippen molar-refractivity contribution in [2.24, 2.45) is 0 Å². The highest BCUT2D eigenvalue weighted by molar-refractivity contribution is 6.04. The summed E-state index contributed by atoms with van der Waals surface area (Å²) in [6.45, 7) is 3.95. The molecule has 1 N–H and O–H groups in total. The van der Waals surface area contributed by atoms with E-state index in [1.165, 1.54) is 19.3 Å². The smallest absolute Gasteiger partial charge is 0.258 e. The predicted octanol–water partition coefficient (Wildman–Crippen LogP) is 3.03. The molecule has 0 spiro atoms. The first-order valence-corrected chi connectivity index (χ1v) is 7.68. The third-order valence-electron chi connectivity index (χ3n) is 3.93. The van der Waals surface area contributed by atoms with Gasteiger partial charge in [0, 0.05) is 31.2 Å². The molecule has 0 bridgehead atoms. The maximum atomic E-state index is 12.2. The van der Waals surface area contributed by atoms with Crippen molar-refractivity contribution in [2.45, 2.75) is 26.2 Å². The summed E-state index contributed by atoms with van der Waals surface area (Å²) in [6.07, 6.45) is 6.83. The Hall–Kier alpha value is -2.43. The summed E-state index contributed by atoms with van der Waals surface area (Å²) in [5.41, 5.74) is 2.32. The molecule has 0 atom stereocenters. The molecule has 0 saturated carbocycles. The lowest BCUT2D eigenvalue weighted by Gasteiger charge is -2.26. The second-order valence-electron chi connectivity index (χ2n) is 5.59. The van der Waals surface area contributed by atoms with Gasteiger partial charge in [0.1, 0.15) is 0 Å². The minimum atomic E-state index is -0.181. The van der Waals surface area contributed by atoms with E-state index >= 15 is 0 Å². The number of rotatable bonds is 3. The van der Waals surface area contributed by atoms with E-state index in [4.69, 9.17) is 0 Å². The van der Waals surface area contributed by atoms with Crippen LogP contribution in [-0.4, -0.2) is 29.0 Å². The lowest BCUT2D eigenvalue weighted by molar-refractivity contribution is 0.102. The zero-order valence-corrected chi connectivity index (χ0v) is 12.7. The van der Waals surface area contributed by atoms with E-state index in [0.717, 1.165) is 24.3 Å². The molecule has 1 amide bonds. The van der Waals surface area contributed by atoms with E-state index in [-0.39, 0.29) is 5.91 Å². The monoisotopic (exact) mass is 296 g/mol. The number of piperidine rings is 1. The average molecular weight is 296 g/mol. The highest BCUT2D eigenvalue weighted by Crippen LogP contribution is 2.17. The Morgan fingerprint density at radius 3 is 2.45 bits per heavy atom. The molecule has 1 aromatic heterocycles. The fraction of sp³-hybridized carbons (Fsp3) is 0.353. The summed E-state index contributed by atoms with van der Waals surface area (Å²) in [7, 11) is 0. The summed E-state index contributed by atoms with van der Waals surface area (Å²) >= 11 is 0. The van der Waals surface area contributed by atoms with Crippen LogP contribution in [0.15, 0.2) is 36.7 Å². The number of aryl methyl sites for hydroxylation is 1. The van der Waals surface area contributed by atoms with Crippen molar-refractivity contribution in [1.82, 2.24) is 9.97 Å². The number of hydrogen-bond acceptors (Lipinski definition) is 4. The first-order chi connectivity index (χ1) is 10.7. The van der Waals surface area contributed by atoms with E-state index in [0.29, 0.717) is 11.5 Å². The number of anilines is 2. The Balaban J connectivity index is 1.69. The van der Waals surface area contributed by atoms with Crippen LogP contribution in [0.4, 0.5) is 11.6 Å². The molecule has 2 heterocycles. The van der Waals surface area contributed by atoms with E-state index in [1.54, 1.807) is 12.4 Å². The number of nitrogens with one attached hydrogen (secondary N) is 1. The van der Waals surface area contributed by atoms with Crippen LogP contribution in [0.25, 0.3) is 0 Å². The van der Waals surface area contributed by atoms with Gasteiger partial charge in [0.25, 0.3) is 5.91 Å². The van der Waals surface area contributed by atoms with Crippen LogP contribution in [0.1, 0.15) is 35.2 Å². The van der Waals surface area contributed by atoms with Crippen LogP contribution in [0.2, 0.25) is 0 Å². The molecule has 1 saturated heterocycles. The number of carbonyl (C=O) groups is 1. The Kier molecular flexibility index (Phi) is 4.32. The third kappa shape index (κ3) is 3.24. The highest BCUT2D eigenvalue weighted by Gasteiger charge is 2.14. The van der Waals surface area contributed by atoms with Crippen LogP contribution in [0.3, 0.4) is 0 Å². The first-order valence-electron chi connectivity index (χ1n) is 7.68. The quantitative estimate of drug-likeness (QED) is 0.946. The molecule has 0 unspecified atom stereocenters. The number of amides is 1. The molecule has 0 aliphatic carbocycles. The van der Waals surface area contributed by atoms with Gasteiger partial charge >= 0.3 is 0 Å². The normalized spacial score (nSPS) is 14.7. The molecule has 114 valence electrons. The number of para-hydroxylation sites is 1. The van der Waals surface area contributed by atoms with Crippen molar-refractivity contribution in [3.63, 3.8) is 0 Å². The first kappa shape index (κ1) is 14.5. The van der Waals surface area contributed by atoms with Crippen molar-refractivity contribution in [3.05, 3.63) is 47.8 Å². The zero-order chi connectivity index (χ0) is 15.4. The van der Waals surface area contributed by atoms with Gasteiger partial charge in [-0.1, -0.05) is 18.2 Å². The Labute approximate surface area is 130 Å². The molecule has 1 aliphatic rings. The Morgan fingerprint density at radius 2 is 1.77 bits per heavy atom. The maximum absolute atomic E-state index is 12.2. The van der Waals surface area contributed by atoms with Gasteiger partial charge in [-0.25, -0.2) is 9.97 Å². The van der Waals surface area contributed by atoms with Crippen LogP contribution < -0.4 is 10.2 Å². The minimum absolute atomic E-state index is 0.181. The van der Waals surface area contributed by atoms with Crippen molar-refractivity contribution in [1.29, 1.82) is 0 Å². The van der Waals surface area contributed by atoms with Crippen LogP contribution >= 0.6 is 0 Å². The molecule has 1 aliphatic heterocycles. The summed E-state index contributed by atoms with van der Waals surface area (Å²) in [5.74, 6) is 0.534. The predicted molar refractivity (Wildman–Crippen MR) is 87.2 cm³/mol. The average Bonchev–Trinajstić information content (AvgIpc) is 2.58. The number of nitrogens with zero attached hydrogens (tertiary/aromatic N) is 3. The number of hydrogen-bond donors (Lipinski definition) is 1. The van der Waals surface area contributed by atoms with Gasteiger partial charge in [-0.15, -0.1) is 0 Å². The number of carbonyl (C=O) groups excluding carboxylic acids is 1. The van der Waals surface area contributed by atoms with Crippen molar-refractivity contribution in [3.8, 4) is 0 Å². The molecule has 2 aromatic rings. The lowest BCUT2D eigenvalue weighted by Crippen LogP contribution is -2.31.